The van der Waals surface area contributed by atoms with E-state index in [1.165, 1.54) is 0 Å². The Morgan fingerprint density at radius 3 is 2.94 bits per heavy atom. The predicted molar refractivity (Wildman–Crippen MR) is 133 cm³/mol. The average molecular weight is 474 g/mol. The molecule has 2 aromatic heterocycles. The number of fused-ring (bicyclic) bond motifs is 1. The van der Waals surface area contributed by atoms with Crippen molar-refractivity contribution in [3.8, 4) is 17.0 Å². The molecular weight excluding hydrogens is 446 g/mol. The van der Waals surface area contributed by atoms with E-state index in [0.29, 0.717) is 26.4 Å². The number of carbonyl (C=O) groups is 1. The maximum atomic E-state index is 13.0. The van der Waals surface area contributed by atoms with Gasteiger partial charge >= 0.3 is 0 Å². The Hall–Kier alpha value is -4.18. The van der Waals surface area contributed by atoms with E-state index < -0.39 is 0 Å². The number of H-pyrrole nitrogens is 1. The van der Waals surface area contributed by atoms with Crippen LogP contribution in [0.4, 0.5) is 11.6 Å². The van der Waals surface area contributed by atoms with Gasteiger partial charge in [-0.2, -0.15) is 0 Å². The van der Waals surface area contributed by atoms with Crippen molar-refractivity contribution in [1.82, 2.24) is 24.8 Å². The van der Waals surface area contributed by atoms with Gasteiger partial charge in [0, 0.05) is 30.1 Å². The summed E-state index contributed by atoms with van der Waals surface area (Å²) in [4.78, 5) is 33.2. The van der Waals surface area contributed by atoms with Gasteiger partial charge in [0.15, 0.2) is 0 Å². The third-order valence-electron chi connectivity index (χ3n) is 5.90. The van der Waals surface area contributed by atoms with E-state index in [0.717, 1.165) is 46.0 Å². The standard InChI is InChI=1S/C25H27N7O3/c1-34-19-5-2-4-18(13-19)32(15-24(33)31-10-3-11-35-16-31)14-23-28-21-7-6-17(12-22(21)29-23)20-8-9-27-25(26)30-20/h2,4-9,12-13H,3,10-11,14-16H2,1H3,(H,28,29)(H2,26,27,30). The molecule has 2 aromatic carbocycles. The molecule has 0 radical (unpaired) electrons. The Balaban J connectivity index is 1.42. The zero-order valence-corrected chi connectivity index (χ0v) is 19.5. The van der Waals surface area contributed by atoms with Gasteiger partial charge in [0.2, 0.25) is 11.9 Å². The fourth-order valence-electron chi connectivity index (χ4n) is 4.11. The maximum Gasteiger partial charge on any atom is 0.243 e. The molecule has 1 fully saturated rings. The van der Waals surface area contributed by atoms with Crippen molar-refractivity contribution in [1.29, 1.82) is 0 Å². The largest absolute Gasteiger partial charge is 0.497 e. The van der Waals surface area contributed by atoms with Crippen LogP contribution in [0.15, 0.2) is 54.7 Å². The number of nitrogens with zero attached hydrogens (tertiary/aromatic N) is 5. The van der Waals surface area contributed by atoms with E-state index in [1.807, 2.05) is 53.4 Å². The molecule has 1 aliphatic rings. The molecule has 0 spiro atoms. The number of hydrogen-bond donors (Lipinski definition) is 2. The molecule has 0 aliphatic carbocycles. The van der Waals surface area contributed by atoms with Crippen LogP contribution in [0.3, 0.4) is 0 Å². The summed E-state index contributed by atoms with van der Waals surface area (Å²) >= 11 is 0. The van der Waals surface area contributed by atoms with Gasteiger partial charge in [0.1, 0.15) is 18.3 Å². The van der Waals surface area contributed by atoms with Gasteiger partial charge in [-0.05, 0) is 36.8 Å². The number of methoxy groups -OCH3 is 1. The van der Waals surface area contributed by atoms with Crippen molar-refractivity contribution < 1.29 is 14.3 Å². The highest BCUT2D eigenvalue weighted by molar-refractivity contribution is 5.83. The number of imidazole rings is 1. The normalized spacial score (nSPS) is 13.7. The van der Waals surface area contributed by atoms with Crippen LogP contribution in [0, 0.1) is 0 Å². The van der Waals surface area contributed by atoms with E-state index in [1.54, 1.807) is 18.2 Å². The lowest BCUT2D eigenvalue weighted by molar-refractivity contribution is -0.139. The molecule has 3 N–H and O–H groups in total. The number of ether oxygens (including phenoxy) is 2. The highest BCUT2D eigenvalue weighted by atomic mass is 16.5. The van der Waals surface area contributed by atoms with Gasteiger partial charge in [-0.25, -0.2) is 15.0 Å². The molecule has 1 saturated heterocycles. The average Bonchev–Trinajstić information content (AvgIpc) is 3.30. The number of benzene rings is 2. The second kappa shape index (κ2) is 9.98. The molecule has 10 heteroatoms. The van der Waals surface area contributed by atoms with Crippen molar-refractivity contribution in [3.05, 3.63) is 60.6 Å². The zero-order valence-electron chi connectivity index (χ0n) is 19.5. The molecule has 3 heterocycles. The van der Waals surface area contributed by atoms with Crippen LogP contribution in [-0.4, -0.2) is 64.3 Å². The van der Waals surface area contributed by atoms with Gasteiger partial charge in [0.25, 0.3) is 0 Å². The Bertz CT molecular complexity index is 1330. The van der Waals surface area contributed by atoms with Gasteiger partial charge < -0.3 is 30.0 Å². The highest BCUT2D eigenvalue weighted by Crippen LogP contribution is 2.25. The maximum absolute atomic E-state index is 13.0. The molecule has 0 bridgehead atoms. The molecule has 0 saturated carbocycles. The Labute approximate surface area is 202 Å². The van der Waals surface area contributed by atoms with Crippen LogP contribution in [0.5, 0.6) is 5.75 Å². The van der Waals surface area contributed by atoms with Crippen molar-refractivity contribution in [3.63, 3.8) is 0 Å². The minimum atomic E-state index is 0.00673. The first-order valence-corrected chi connectivity index (χ1v) is 11.4. The molecule has 1 amide bonds. The molecule has 0 atom stereocenters. The predicted octanol–water partition coefficient (Wildman–Crippen LogP) is 2.82. The number of hydrogen-bond acceptors (Lipinski definition) is 8. The summed E-state index contributed by atoms with van der Waals surface area (Å²) in [5.41, 5.74) is 9.94. The second-order valence-electron chi connectivity index (χ2n) is 8.32. The summed E-state index contributed by atoms with van der Waals surface area (Å²) < 4.78 is 10.9. The van der Waals surface area contributed by atoms with Gasteiger partial charge in [-0.3, -0.25) is 4.79 Å². The SMILES string of the molecule is COc1cccc(N(CC(=O)N2CCCOC2)Cc2nc3cc(-c4ccnc(N)n4)ccc3[nH]2)c1. The molecule has 4 aromatic rings. The van der Waals surface area contributed by atoms with E-state index in [2.05, 4.69) is 15.0 Å². The molecule has 1 aliphatic heterocycles. The number of aromatic amines is 1. The molecule has 5 rings (SSSR count). The van der Waals surface area contributed by atoms with E-state index >= 15 is 0 Å². The van der Waals surface area contributed by atoms with Crippen LogP contribution in [0.25, 0.3) is 22.3 Å². The fraction of sp³-hybridized carbons (Fsp3) is 0.280. The number of nitrogens with two attached hydrogens (primary N) is 1. The lowest BCUT2D eigenvalue weighted by Gasteiger charge is -2.30. The minimum Gasteiger partial charge on any atom is -0.497 e. The third-order valence-corrected chi connectivity index (χ3v) is 5.90. The van der Waals surface area contributed by atoms with Crippen LogP contribution >= 0.6 is 0 Å². The summed E-state index contributed by atoms with van der Waals surface area (Å²) in [6, 6.07) is 15.4. The Kier molecular flexibility index (Phi) is 6.44. The van der Waals surface area contributed by atoms with Gasteiger partial charge in [-0.1, -0.05) is 12.1 Å². The number of aromatic nitrogens is 4. The van der Waals surface area contributed by atoms with Crippen molar-refractivity contribution in [2.45, 2.75) is 13.0 Å². The van der Waals surface area contributed by atoms with Crippen molar-refractivity contribution in [2.24, 2.45) is 0 Å². The number of anilines is 2. The summed E-state index contributed by atoms with van der Waals surface area (Å²) in [5.74, 6) is 1.69. The molecule has 180 valence electrons. The molecule has 10 nitrogen and oxygen atoms in total. The smallest absolute Gasteiger partial charge is 0.243 e. The first kappa shape index (κ1) is 22.6. The lowest BCUT2D eigenvalue weighted by Crippen LogP contribution is -2.44. The minimum absolute atomic E-state index is 0.00673. The zero-order chi connectivity index (χ0) is 24.2. The van der Waals surface area contributed by atoms with Crippen LogP contribution in [-0.2, 0) is 16.1 Å². The monoisotopic (exact) mass is 473 g/mol. The van der Waals surface area contributed by atoms with E-state index in [-0.39, 0.29) is 18.4 Å². The third kappa shape index (κ3) is 5.17. The number of amides is 1. The van der Waals surface area contributed by atoms with Crippen molar-refractivity contribution >= 4 is 28.6 Å². The van der Waals surface area contributed by atoms with Crippen molar-refractivity contribution in [2.75, 3.05) is 44.2 Å². The fourth-order valence-corrected chi connectivity index (χ4v) is 4.11. The molecule has 0 unspecified atom stereocenters. The van der Waals surface area contributed by atoms with E-state index in [9.17, 15) is 4.79 Å². The molecule has 35 heavy (non-hydrogen) atoms. The van der Waals surface area contributed by atoms with Crippen LogP contribution in [0.1, 0.15) is 12.2 Å². The second-order valence-corrected chi connectivity index (χ2v) is 8.32. The Morgan fingerprint density at radius 2 is 2.14 bits per heavy atom. The summed E-state index contributed by atoms with van der Waals surface area (Å²) in [6.07, 6.45) is 2.48. The highest BCUT2D eigenvalue weighted by Gasteiger charge is 2.21. The lowest BCUT2D eigenvalue weighted by atomic mass is 10.1. The Morgan fingerprint density at radius 1 is 1.23 bits per heavy atom. The van der Waals surface area contributed by atoms with Crippen LogP contribution < -0.4 is 15.4 Å². The summed E-state index contributed by atoms with van der Waals surface area (Å²) in [5, 5.41) is 0. The van der Waals surface area contributed by atoms with Gasteiger partial charge in [0.05, 0.1) is 43.5 Å². The summed E-state index contributed by atoms with van der Waals surface area (Å²) in [7, 11) is 1.63. The number of nitrogen functional groups attached to an aromatic ring is 1. The van der Waals surface area contributed by atoms with E-state index in [4.69, 9.17) is 20.2 Å². The molecular formula is C25H27N7O3. The van der Waals surface area contributed by atoms with Gasteiger partial charge in [-0.15, -0.1) is 0 Å². The topological polar surface area (TPSA) is 122 Å². The number of nitrogens with one attached hydrogen (secondary N) is 1. The number of rotatable bonds is 7. The number of carbonyl (C=O) groups excluding carboxylic acids is 1. The van der Waals surface area contributed by atoms with Crippen LogP contribution in [0.2, 0.25) is 0 Å². The summed E-state index contributed by atoms with van der Waals surface area (Å²) in [6.45, 7) is 2.32. The first-order valence-electron chi connectivity index (χ1n) is 11.4. The first-order chi connectivity index (χ1) is 17.1. The quantitative estimate of drug-likeness (QED) is 0.420.